The highest BCUT2D eigenvalue weighted by atomic mass is 16.5. The first kappa shape index (κ1) is 18.0. The lowest BCUT2D eigenvalue weighted by Gasteiger charge is -2.39. The molecule has 27 heavy (non-hydrogen) atoms. The van der Waals surface area contributed by atoms with Gasteiger partial charge in [0.05, 0.1) is 7.11 Å². The lowest BCUT2D eigenvalue weighted by molar-refractivity contribution is 0.200. The summed E-state index contributed by atoms with van der Waals surface area (Å²) in [5.41, 5.74) is 1.15. The number of aryl methyl sites for hydroxylation is 1. The van der Waals surface area contributed by atoms with Crippen molar-refractivity contribution in [2.24, 2.45) is 7.05 Å². The number of hydrogen-bond donors (Lipinski definition) is 0. The number of ether oxygens (including phenoxy) is 1. The Labute approximate surface area is 159 Å². The van der Waals surface area contributed by atoms with Gasteiger partial charge in [0.2, 0.25) is 5.88 Å². The number of anilines is 1. The third kappa shape index (κ3) is 4.13. The van der Waals surface area contributed by atoms with Crippen molar-refractivity contribution in [3.63, 3.8) is 0 Å². The summed E-state index contributed by atoms with van der Waals surface area (Å²) in [5.74, 6) is 1.60. The number of methoxy groups -OCH3 is 1. The van der Waals surface area contributed by atoms with Crippen LogP contribution in [0.2, 0.25) is 0 Å². The summed E-state index contributed by atoms with van der Waals surface area (Å²) in [7, 11) is 3.43. The molecule has 2 aromatic heterocycles. The van der Waals surface area contributed by atoms with Gasteiger partial charge in [-0.3, -0.25) is 9.69 Å². The first-order valence-corrected chi connectivity index (χ1v) is 9.66. The van der Waals surface area contributed by atoms with E-state index in [0.717, 1.165) is 43.9 Å². The molecule has 144 valence electrons. The molecule has 1 aliphatic heterocycles. The number of rotatable bonds is 6. The molecule has 1 saturated heterocycles. The van der Waals surface area contributed by atoms with Gasteiger partial charge in [-0.15, -0.1) is 0 Å². The predicted octanol–water partition coefficient (Wildman–Crippen LogP) is 1.82. The molecule has 0 bridgehead atoms. The molecule has 2 aromatic rings. The van der Waals surface area contributed by atoms with Gasteiger partial charge in [0.25, 0.3) is 5.56 Å². The average molecular weight is 369 g/mol. The van der Waals surface area contributed by atoms with Crippen LogP contribution in [0, 0.1) is 0 Å². The normalized spacial score (nSPS) is 18.4. The molecule has 4 rings (SSSR count). The fourth-order valence-electron chi connectivity index (χ4n) is 3.91. The minimum atomic E-state index is 0.0556. The van der Waals surface area contributed by atoms with Crippen molar-refractivity contribution in [3.8, 4) is 5.88 Å². The molecule has 0 atom stereocenters. The second-order valence-electron chi connectivity index (χ2n) is 7.55. The van der Waals surface area contributed by atoms with E-state index in [-0.39, 0.29) is 5.56 Å². The number of likely N-dealkylation sites (tertiary alicyclic amines) is 1. The van der Waals surface area contributed by atoms with Crippen molar-refractivity contribution < 1.29 is 4.74 Å². The highest BCUT2D eigenvalue weighted by Crippen LogP contribution is 2.36. The van der Waals surface area contributed by atoms with Crippen molar-refractivity contribution in [1.29, 1.82) is 0 Å². The lowest BCUT2D eigenvalue weighted by atomic mass is 10.0. The van der Waals surface area contributed by atoms with Gasteiger partial charge in [-0.2, -0.15) is 0 Å². The quantitative estimate of drug-likeness (QED) is 0.774. The van der Waals surface area contributed by atoms with E-state index in [2.05, 4.69) is 19.8 Å². The Morgan fingerprint density at radius 3 is 2.56 bits per heavy atom. The minimum absolute atomic E-state index is 0.0556. The Morgan fingerprint density at radius 2 is 1.89 bits per heavy atom. The summed E-state index contributed by atoms with van der Waals surface area (Å²) >= 11 is 0. The standard InChI is InChI=1S/C20H27N5O2/c1-23-8-5-15(11-20(23)26)13-24-9-6-17(7-10-24)25(16-3-4-16)18-12-19(27-2)22-14-21-18/h5,8,11-12,14,16-17H,3-4,6-7,9-10,13H2,1-2H3. The Kier molecular flexibility index (Phi) is 5.11. The lowest BCUT2D eigenvalue weighted by Crippen LogP contribution is -2.46. The molecule has 1 saturated carbocycles. The van der Waals surface area contributed by atoms with E-state index in [1.54, 1.807) is 31.1 Å². The SMILES string of the molecule is COc1cc(N(C2CC2)C2CCN(Cc3ccn(C)c(=O)c3)CC2)ncn1. The summed E-state index contributed by atoms with van der Waals surface area (Å²) in [6, 6.07) is 6.83. The molecule has 0 N–H and O–H groups in total. The zero-order valence-electron chi connectivity index (χ0n) is 16.0. The first-order chi connectivity index (χ1) is 13.1. The van der Waals surface area contributed by atoms with E-state index in [1.807, 2.05) is 18.3 Å². The highest BCUT2D eigenvalue weighted by Gasteiger charge is 2.36. The van der Waals surface area contributed by atoms with Gasteiger partial charge in [0.15, 0.2) is 0 Å². The zero-order valence-corrected chi connectivity index (χ0v) is 16.0. The predicted molar refractivity (Wildman–Crippen MR) is 104 cm³/mol. The molecular weight excluding hydrogens is 342 g/mol. The van der Waals surface area contributed by atoms with Gasteiger partial charge in [0, 0.05) is 57.1 Å². The molecule has 3 heterocycles. The van der Waals surface area contributed by atoms with Gasteiger partial charge >= 0.3 is 0 Å². The molecule has 2 aliphatic rings. The van der Waals surface area contributed by atoms with Crippen LogP contribution in [-0.2, 0) is 13.6 Å². The molecule has 0 unspecified atom stereocenters. The van der Waals surface area contributed by atoms with Crippen molar-refractivity contribution in [2.45, 2.75) is 44.3 Å². The molecule has 1 aliphatic carbocycles. The molecule has 7 heteroatoms. The van der Waals surface area contributed by atoms with Gasteiger partial charge in [-0.1, -0.05) is 0 Å². The van der Waals surface area contributed by atoms with E-state index < -0.39 is 0 Å². The third-order valence-electron chi connectivity index (χ3n) is 5.57. The molecule has 7 nitrogen and oxygen atoms in total. The van der Waals surface area contributed by atoms with Gasteiger partial charge in [-0.05, 0) is 37.3 Å². The summed E-state index contributed by atoms with van der Waals surface area (Å²) in [5, 5.41) is 0. The van der Waals surface area contributed by atoms with E-state index in [1.165, 1.54) is 12.8 Å². The highest BCUT2D eigenvalue weighted by molar-refractivity contribution is 5.45. The minimum Gasteiger partial charge on any atom is -0.481 e. The Morgan fingerprint density at radius 1 is 1.15 bits per heavy atom. The van der Waals surface area contributed by atoms with Crippen LogP contribution >= 0.6 is 0 Å². The van der Waals surface area contributed by atoms with Crippen molar-refractivity contribution in [3.05, 3.63) is 46.6 Å². The van der Waals surface area contributed by atoms with Crippen LogP contribution in [0.1, 0.15) is 31.2 Å². The average Bonchev–Trinajstić information content (AvgIpc) is 3.51. The molecule has 0 amide bonds. The smallest absolute Gasteiger partial charge is 0.250 e. The molecule has 0 spiro atoms. The third-order valence-corrected chi connectivity index (χ3v) is 5.57. The Bertz CT molecular complexity index is 840. The fraction of sp³-hybridized carbons (Fsp3) is 0.550. The van der Waals surface area contributed by atoms with E-state index >= 15 is 0 Å². The summed E-state index contributed by atoms with van der Waals surface area (Å²) in [4.78, 5) is 25.4. The van der Waals surface area contributed by atoms with Crippen LogP contribution in [0.5, 0.6) is 5.88 Å². The maximum atomic E-state index is 11.8. The second-order valence-corrected chi connectivity index (χ2v) is 7.55. The summed E-state index contributed by atoms with van der Waals surface area (Å²) in [6.07, 6.45) is 8.12. The van der Waals surface area contributed by atoms with Crippen LogP contribution < -0.4 is 15.2 Å². The Hall–Kier alpha value is -2.41. The van der Waals surface area contributed by atoms with E-state index in [9.17, 15) is 4.79 Å². The number of nitrogens with zero attached hydrogens (tertiary/aromatic N) is 5. The van der Waals surface area contributed by atoms with Crippen molar-refractivity contribution >= 4 is 5.82 Å². The maximum Gasteiger partial charge on any atom is 0.250 e. The number of hydrogen-bond acceptors (Lipinski definition) is 6. The fourth-order valence-corrected chi connectivity index (χ4v) is 3.91. The number of aromatic nitrogens is 3. The maximum absolute atomic E-state index is 11.8. The van der Waals surface area contributed by atoms with E-state index in [0.29, 0.717) is 18.0 Å². The van der Waals surface area contributed by atoms with Crippen LogP contribution in [-0.4, -0.2) is 51.7 Å². The van der Waals surface area contributed by atoms with Crippen molar-refractivity contribution in [1.82, 2.24) is 19.4 Å². The largest absolute Gasteiger partial charge is 0.481 e. The zero-order chi connectivity index (χ0) is 18.8. The van der Waals surface area contributed by atoms with Crippen LogP contribution in [0.4, 0.5) is 5.82 Å². The number of piperidine rings is 1. The number of pyridine rings is 1. The topological polar surface area (TPSA) is 63.5 Å². The van der Waals surface area contributed by atoms with Crippen molar-refractivity contribution in [2.75, 3.05) is 25.1 Å². The molecule has 2 fully saturated rings. The summed E-state index contributed by atoms with van der Waals surface area (Å²) in [6.45, 7) is 2.91. The van der Waals surface area contributed by atoms with Crippen LogP contribution in [0.3, 0.4) is 0 Å². The second kappa shape index (κ2) is 7.68. The molecule has 0 aromatic carbocycles. The Balaban J connectivity index is 1.41. The van der Waals surface area contributed by atoms with Gasteiger partial charge < -0.3 is 14.2 Å². The molecule has 0 radical (unpaired) electrons. The van der Waals surface area contributed by atoms with Gasteiger partial charge in [-0.25, -0.2) is 9.97 Å². The molecular formula is C20H27N5O2. The van der Waals surface area contributed by atoms with E-state index in [4.69, 9.17) is 4.74 Å². The van der Waals surface area contributed by atoms with Crippen LogP contribution in [0.25, 0.3) is 0 Å². The first-order valence-electron chi connectivity index (χ1n) is 9.66. The van der Waals surface area contributed by atoms with Crippen LogP contribution in [0.15, 0.2) is 35.5 Å². The monoisotopic (exact) mass is 369 g/mol. The van der Waals surface area contributed by atoms with Gasteiger partial charge in [0.1, 0.15) is 12.1 Å². The summed E-state index contributed by atoms with van der Waals surface area (Å²) < 4.78 is 6.89.